The van der Waals surface area contributed by atoms with Crippen LogP contribution in [0.3, 0.4) is 0 Å². The lowest BCUT2D eigenvalue weighted by Gasteiger charge is -2.45. The molecule has 4 aromatic rings. The van der Waals surface area contributed by atoms with Crippen molar-refractivity contribution < 1.29 is 4.74 Å². The second-order valence-corrected chi connectivity index (χ2v) is 9.70. The molecule has 4 aromatic carbocycles. The highest BCUT2D eigenvalue weighted by atomic mass is 16.5. The third-order valence-electron chi connectivity index (χ3n) is 7.42. The van der Waals surface area contributed by atoms with Crippen LogP contribution in [0, 0.1) is 6.92 Å². The van der Waals surface area contributed by atoms with Crippen LogP contribution in [0.5, 0.6) is 5.75 Å². The van der Waals surface area contributed by atoms with Crippen molar-refractivity contribution >= 4 is 34.0 Å². The van der Waals surface area contributed by atoms with Crippen molar-refractivity contribution in [3.8, 4) is 16.9 Å². The van der Waals surface area contributed by atoms with Crippen LogP contribution in [-0.4, -0.2) is 19.0 Å². The molecule has 0 fully saturated rings. The molecule has 1 spiro atoms. The van der Waals surface area contributed by atoms with E-state index in [-0.39, 0.29) is 5.41 Å². The Morgan fingerprint density at radius 1 is 0.909 bits per heavy atom. The Morgan fingerprint density at radius 2 is 1.64 bits per heavy atom. The Balaban J connectivity index is 1.56. The minimum atomic E-state index is -0.746. The van der Waals surface area contributed by atoms with Crippen molar-refractivity contribution in [3.63, 3.8) is 0 Å². The van der Waals surface area contributed by atoms with Gasteiger partial charge in [-0.2, -0.15) is 0 Å². The minimum Gasteiger partial charge on any atom is -0.459 e. The topological polar surface area (TPSA) is 50.8 Å². The summed E-state index contributed by atoms with van der Waals surface area (Å²) in [5.41, 5.74) is 12.5. The SMILES string of the molecule is Cc1ccc(-c2cc3c(c4ccccc24)OC2(C=N3)N(C)c3ccc(N)cc3C2(C)C)cc1. The van der Waals surface area contributed by atoms with Crippen molar-refractivity contribution in [2.45, 2.75) is 31.9 Å². The highest BCUT2D eigenvalue weighted by molar-refractivity contribution is 6.05. The maximum atomic E-state index is 6.99. The van der Waals surface area contributed by atoms with Gasteiger partial charge in [0.15, 0.2) is 5.75 Å². The van der Waals surface area contributed by atoms with Crippen LogP contribution in [0.4, 0.5) is 17.1 Å². The standard InChI is InChI=1S/C29H27N3O/c1-18-9-11-19(12-10-18)23-16-25-27(22-8-6-5-7-21(22)23)33-29(17-31-25)28(2,3)24-15-20(30)13-14-26(24)32(29)4/h5-17H,30H2,1-4H3. The Hall–Kier alpha value is -3.79. The Labute approximate surface area is 194 Å². The molecule has 0 bridgehead atoms. The van der Waals surface area contributed by atoms with Crippen molar-refractivity contribution in [1.82, 2.24) is 0 Å². The van der Waals surface area contributed by atoms with Gasteiger partial charge in [-0.05, 0) is 67.1 Å². The molecule has 0 saturated heterocycles. The number of aryl methyl sites for hydroxylation is 1. The molecule has 2 heterocycles. The molecule has 2 N–H and O–H groups in total. The number of benzene rings is 4. The van der Waals surface area contributed by atoms with E-state index >= 15 is 0 Å². The highest BCUT2D eigenvalue weighted by Crippen LogP contribution is 2.55. The highest BCUT2D eigenvalue weighted by Gasteiger charge is 2.58. The average molecular weight is 434 g/mol. The number of nitrogens with zero attached hydrogens (tertiary/aromatic N) is 2. The summed E-state index contributed by atoms with van der Waals surface area (Å²) in [6.07, 6.45) is 1.97. The summed E-state index contributed by atoms with van der Waals surface area (Å²) in [7, 11) is 2.07. The first-order chi connectivity index (χ1) is 15.8. The van der Waals surface area contributed by atoms with Gasteiger partial charge in [0.05, 0.1) is 11.6 Å². The third-order valence-corrected chi connectivity index (χ3v) is 7.42. The van der Waals surface area contributed by atoms with E-state index in [0.29, 0.717) is 0 Å². The van der Waals surface area contributed by atoms with E-state index in [9.17, 15) is 0 Å². The monoisotopic (exact) mass is 433 g/mol. The lowest BCUT2D eigenvalue weighted by Crippen LogP contribution is -2.61. The van der Waals surface area contributed by atoms with Gasteiger partial charge in [0.25, 0.3) is 0 Å². The Bertz CT molecular complexity index is 1450. The molecule has 4 heteroatoms. The van der Waals surface area contributed by atoms with Gasteiger partial charge < -0.3 is 15.4 Å². The molecular formula is C29H27N3O. The average Bonchev–Trinajstić information content (AvgIpc) is 2.97. The molecule has 4 nitrogen and oxygen atoms in total. The summed E-state index contributed by atoms with van der Waals surface area (Å²) in [6, 6.07) is 25.3. The summed E-state index contributed by atoms with van der Waals surface area (Å²) in [5.74, 6) is 0.824. The molecule has 0 aromatic heterocycles. The predicted octanol–water partition coefficient (Wildman–Crippen LogP) is 6.62. The number of nitrogen functional groups attached to an aromatic ring is 1. The van der Waals surface area contributed by atoms with Crippen molar-refractivity contribution in [2.75, 3.05) is 17.7 Å². The number of fused-ring (bicyclic) bond motifs is 4. The van der Waals surface area contributed by atoms with Gasteiger partial charge in [-0.3, -0.25) is 4.99 Å². The van der Waals surface area contributed by atoms with Gasteiger partial charge in [0, 0.05) is 23.8 Å². The van der Waals surface area contributed by atoms with E-state index in [0.717, 1.165) is 39.1 Å². The number of anilines is 2. The molecule has 0 radical (unpaired) electrons. The number of hydrogen-bond acceptors (Lipinski definition) is 4. The van der Waals surface area contributed by atoms with E-state index in [1.54, 1.807) is 0 Å². The van der Waals surface area contributed by atoms with E-state index < -0.39 is 5.72 Å². The van der Waals surface area contributed by atoms with Gasteiger partial charge in [0.2, 0.25) is 5.72 Å². The summed E-state index contributed by atoms with van der Waals surface area (Å²) in [6.45, 7) is 6.51. The molecule has 0 amide bonds. The first kappa shape index (κ1) is 19.9. The van der Waals surface area contributed by atoms with Crippen LogP contribution in [0.2, 0.25) is 0 Å². The van der Waals surface area contributed by atoms with Gasteiger partial charge in [-0.25, -0.2) is 0 Å². The number of ether oxygens (including phenoxy) is 1. The number of nitrogens with two attached hydrogens (primary N) is 1. The van der Waals surface area contributed by atoms with E-state index in [1.807, 2.05) is 12.3 Å². The number of likely N-dealkylation sites (N-methyl/N-ethyl adjacent to an activating group) is 1. The fourth-order valence-electron chi connectivity index (χ4n) is 5.43. The maximum Gasteiger partial charge on any atom is 0.228 e. The zero-order valence-electron chi connectivity index (χ0n) is 19.4. The molecule has 164 valence electrons. The van der Waals surface area contributed by atoms with E-state index in [2.05, 4.69) is 99.4 Å². The zero-order valence-corrected chi connectivity index (χ0v) is 19.4. The second-order valence-electron chi connectivity index (χ2n) is 9.70. The normalized spacial score (nSPS) is 20.1. The van der Waals surface area contributed by atoms with E-state index in [1.165, 1.54) is 16.7 Å². The van der Waals surface area contributed by atoms with Crippen LogP contribution in [0.25, 0.3) is 21.9 Å². The molecule has 2 aliphatic rings. The second kappa shape index (κ2) is 6.61. The quantitative estimate of drug-likeness (QED) is 0.343. The molecule has 0 saturated carbocycles. The van der Waals surface area contributed by atoms with Gasteiger partial charge >= 0.3 is 0 Å². The minimum absolute atomic E-state index is 0.357. The molecule has 1 unspecified atom stereocenters. The molecule has 33 heavy (non-hydrogen) atoms. The first-order valence-corrected chi connectivity index (χ1v) is 11.3. The number of hydrogen-bond donors (Lipinski definition) is 1. The Kier molecular flexibility index (Phi) is 3.98. The van der Waals surface area contributed by atoms with Gasteiger partial charge in [-0.1, -0.05) is 54.1 Å². The molecule has 6 rings (SSSR count). The smallest absolute Gasteiger partial charge is 0.228 e. The third kappa shape index (κ3) is 2.61. The molecule has 2 aliphatic heterocycles. The van der Waals surface area contributed by atoms with Crippen LogP contribution in [0.15, 0.2) is 77.8 Å². The van der Waals surface area contributed by atoms with Gasteiger partial charge in [0.1, 0.15) is 5.69 Å². The summed E-state index contributed by atoms with van der Waals surface area (Å²) in [5, 5.41) is 2.23. The molecule has 0 aliphatic carbocycles. The predicted molar refractivity (Wildman–Crippen MR) is 138 cm³/mol. The summed E-state index contributed by atoms with van der Waals surface area (Å²) < 4.78 is 6.99. The zero-order chi connectivity index (χ0) is 23.0. The van der Waals surface area contributed by atoms with Crippen molar-refractivity contribution in [1.29, 1.82) is 0 Å². The van der Waals surface area contributed by atoms with E-state index in [4.69, 9.17) is 15.5 Å². The first-order valence-electron chi connectivity index (χ1n) is 11.3. The van der Waals surface area contributed by atoms with Crippen molar-refractivity contribution in [3.05, 3.63) is 83.9 Å². The summed E-state index contributed by atoms with van der Waals surface area (Å²) in [4.78, 5) is 7.20. The van der Waals surface area contributed by atoms with Crippen molar-refractivity contribution in [2.24, 2.45) is 4.99 Å². The number of rotatable bonds is 1. The fraction of sp³-hybridized carbons (Fsp3) is 0.207. The molecular weight excluding hydrogens is 406 g/mol. The van der Waals surface area contributed by atoms with Gasteiger partial charge in [-0.15, -0.1) is 0 Å². The Morgan fingerprint density at radius 3 is 2.39 bits per heavy atom. The van der Waals surface area contributed by atoms with Crippen LogP contribution in [0.1, 0.15) is 25.0 Å². The lowest BCUT2D eigenvalue weighted by molar-refractivity contribution is 0.0842. The molecule has 1 atom stereocenters. The fourth-order valence-corrected chi connectivity index (χ4v) is 5.43. The number of aliphatic imine (C=N–C) groups is 1. The summed E-state index contributed by atoms with van der Waals surface area (Å²) >= 11 is 0. The lowest BCUT2D eigenvalue weighted by atomic mass is 9.77. The maximum absolute atomic E-state index is 6.99. The largest absolute Gasteiger partial charge is 0.459 e. The van der Waals surface area contributed by atoms with Crippen LogP contribution in [-0.2, 0) is 5.41 Å². The van der Waals surface area contributed by atoms with Crippen LogP contribution >= 0.6 is 0 Å². The van der Waals surface area contributed by atoms with Crippen LogP contribution < -0.4 is 15.4 Å².